The van der Waals surface area contributed by atoms with Crippen molar-refractivity contribution in [3.8, 4) is 6.07 Å². The van der Waals surface area contributed by atoms with Gasteiger partial charge in [0.05, 0.1) is 23.7 Å². The lowest BCUT2D eigenvalue weighted by molar-refractivity contribution is 0.0787. The molecular formula is C15H17NO. The molecule has 3 atom stereocenters. The molecule has 17 heavy (non-hydrogen) atoms. The molecule has 0 N–H and O–H groups in total. The van der Waals surface area contributed by atoms with Gasteiger partial charge in [0.1, 0.15) is 0 Å². The first kappa shape index (κ1) is 10.8. The van der Waals surface area contributed by atoms with Gasteiger partial charge in [0, 0.05) is 0 Å². The molecule has 2 heteroatoms. The van der Waals surface area contributed by atoms with E-state index in [0.29, 0.717) is 6.10 Å². The second-order valence-electron chi connectivity index (χ2n) is 5.46. The van der Waals surface area contributed by atoms with Gasteiger partial charge in [0.25, 0.3) is 0 Å². The Morgan fingerprint density at radius 1 is 1.47 bits per heavy atom. The third-order valence-electron chi connectivity index (χ3n) is 4.14. The van der Waals surface area contributed by atoms with Gasteiger partial charge in [0.15, 0.2) is 0 Å². The molecule has 2 aliphatic heterocycles. The molecular weight excluding hydrogens is 210 g/mol. The predicted molar refractivity (Wildman–Crippen MR) is 65.4 cm³/mol. The average molecular weight is 227 g/mol. The van der Waals surface area contributed by atoms with Crippen LogP contribution in [0.5, 0.6) is 0 Å². The first-order valence-electron chi connectivity index (χ1n) is 6.34. The Hall–Kier alpha value is -1.33. The summed E-state index contributed by atoms with van der Waals surface area (Å²) >= 11 is 0. The van der Waals surface area contributed by atoms with Gasteiger partial charge in [-0.3, -0.25) is 0 Å². The van der Waals surface area contributed by atoms with E-state index in [4.69, 9.17) is 4.74 Å². The van der Waals surface area contributed by atoms with Crippen LogP contribution in [-0.4, -0.2) is 12.2 Å². The first-order valence-corrected chi connectivity index (χ1v) is 6.34. The summed E-state index contributed by atoms with van der Waals surface area (Å²) in [6.45, 7) is 2.10. The number of ether oxygens (including phenoxy) is 1. The number of nitriles is 1. The van der Waals surface area contributed by atoms with Crippen molar-refractivity contribution >= 4 is 0 Å². The van der Waals surface area contributed by atoms with E-state index in [1.165, 1.54) is 11.1 Å². The normalized spacial score (nSPS) is 34.8. The molecule has 2 heterocycles. The minimum absolute atomic E-state index is 0.165. The SMILES string of the molecule is Cc1cccc(CC2(C#N)CC3CCC2O3)c1. The Labute approximate surface area is 102 Å². The third kappa shape index (κ3) is 1.75. The molecule has 0 aromatic heterocycles. The Morgan fingerprint density at radius 3 is 2.94 bits per heavy atom. The summed E-state index contributed by atoms with van der Waals surface area (Å²) in [6, 6.07) is 11.0. The zero-order valence-corrected chi connectivity index (χ0v) is 10.1. The Kier molecular flexibility index (Phi) is 2.45. The second-order valence-corrected chi connectivity index (χ2v) is 5.46. The Balaban J connectivity index is 1.86. The molecule has 2 aliphatic rings. The average Bonchev–Trinajstić information content (AvgIpc) is 2.89. The van der Waals surface area contributed by atoms with Crippen molar-refractivity contribution < 1.29 is 4.74 Å². The molecule has 1 aromatic carbocycles. The molecule has 0 aliphatic carbocycles. The molecule has 0 amide bonds. The highest BCUT2D eigenvalue weighted by Gasteiger charge is 2.52. The van der Waals surface area contributed by atoms with Crippen LogP contribution in [0.15, 0.2) is 24.3 Å². The first-order chi connectivity index (χ1) is 8.22. The molecule has 3 unspecified atom stereocenters. The molecule has 2 bridgehead atoms. The lowest BCUT2D eigenvalue weighted by Gasteiger charge is -2.28. The number of hydrogen-bond donors (Lipinski definition) is 0. The van der Waals surface area contributed by atoms with Crippen molar-refractivity contribution in [3.05, 3.63) is 35.4 Å². The summed E-state index contributed by atoms with van der Waals surface area (Å²) in [6.07, 6.45) is 4.46. The molecule has 0 saturated carbocycles. The molecule has 2 fully saturated rings. The third-order valence-corrected chi connectivity index (χ3v) is 4.14. The van der Waals surface area contributed by atoms with Crippen LogP contribution in [-0.2, 0) is 11.2 Å². The summed E-state index contributed by atoms with van der Waals surface area (Å²) in [5.41, 5.74) is 2.26. The molecule has 2 saturated heterocycles. The van der Waals surface area contributed by atoms with Crippen LogP contribution >= 0.6 is 0 Å². The van der Waals surface area contributed by atoms with Gasteiger partial charge in [-0.15, -0.1) is 0 Å². The number of aryl methyl sites for hydroxylation is 1. The Bertz CT molecular complexity index is 476. The lowest BCUT2D eigenvalue weighted by atomic mass is 9.71. The topological polar surface area (TPSA) is 33.0 Å². The summed E-state index contributed by atoms with van der Waals surface area (Å²) in [5, 5.41) is 9.54. The molecule has 2 nitrogen and oxygen atoms in total. The predicted octanol–water partition coefficient (Wildman–Crippen LogP) is 3.00. The monoisotopic (exact) mass is 227 g/mol. The van der Waals surface area contributed by atoms with Gasteiger partial charge < -0.3 is 4.74 Å². The lowest BCUT2D eigenvalue weighted by Crippen LogP contribution is -2.33. The molecule has 0 radical (unpaired) electrons. The molecule has 1 aromatic rings. The summed E-state index contributed by atoms with van der Waals surface area (Å²) < 4.78 is 5.86. The summed E-state index contributed by atoms with van der Waals surface area (Å²) in [7, 11) is 0. The highest BCUT2D eigenvalue weighted by atomic mass is 16.5. The Morgan fingerprint density at radius 2 is 2.35 bits per heavy atom. The van der Waals surface area contributed by atoms with Crippen LogP contribution in [0.25, 0.3) is 0 Å². The number of fused-ring (bicyclic) bond motifs is 2. The standard InChI is InChI=1S/C15H17NO/c1-11-3-2-4-12(7-11)8-15(10-16)9-13-5-6-14(15)17-13/h2-4,7,13-14H,5-6,8-9H2,1H3. The van der Waals surface area contributed by atoms with E-state index in [-0.39, 0.29) is 11.5 Å². The summed E-state index contributed by atoms with van der Waals surface area (Å²) in [4.78, 5) is 0. The van der Waals surface area contributed by atoms with E-state index in [0.717, 1.165) is 25.7 Å². The highest BCUT2D eigenvalue weighted by molar-refractivity contribution is 5.27. The number of nitrogens with zero attached hydrogens (tertiary/aromatic N) is 1. The van der Waals surface area contributed by atoms with Crippen LogP contribution < -0.4 is 0 Å². The van der Waals surface area contributed by atoms with Crippen LogP contribution in [0, 0.1) is 23.7 Å². The van der Waals surface area contributed by atoms with Gasteiger partial charge in [-0.2, -0.15) is 5.26 Å². The molecule has 88 valence electrons. The van der Waals surface area contributed by atoms with Gasteiger partial charge in [-0.25, -0.2) is 0 Å². The van der Waals surface area contributed by atoms with Crippen molar-refractivity contribution in [1.29, 1.82) is 5.26 Å². The fourth-order valence-corrected chi connectivity index (χ4v) is 3.33. The molecule has 0 spiro atoms. The van der Waals surface area contributed by atoms with E-state index >= 15 is 0 Å². The van der Waals surface area contributed by atoms with Crippen molar-refractivity contribution in [3.63, 3.8) is 0 Å². The zero-order chi connectivity index (χ0) is 11.9. The van der Waals surface area contributed by atoms with Gasteiger partial charge >= 0.3 is 0 Å². The highest BCUT2D eigenvalue weighted by Crippen LogP contribution is 2.49. The zero-order valence-electron chi connectivity index (χ0n) is 10.1. The maximum Gasteiger partial charge on any atom is 0.0899 e. The van der Waals surface area contributed by atoms with Crippen LogP contribution in [0.2, 0.25) is 0 Å². The van der Waals surface area contributed by atoms with Crippen molar-refractivity contribution in [1.82, 2.24) is 0 Å². The van der Waals surface area contributed by atoms with E-state index in [2.05, 4.69) is 37.3 Å². The van der Waals surface area contributed by atoms with E-state index in [1.807, 2.05) is 0 Å². The molecule has 3 rings (SSSR count). The van der Waals surface area contributed by atoms with Gasteiger partial charge in [-0.1, -0.05) is 29.8 Å². The number of benzene rings is 1. The van der Waals surface area contributed by atoms with Crippen molar-refractivity contribution in [2.24, 2.45) is 5.41 Å². The number of hydrogen-bond acceptors (Lipinski definition) is 2. The minimum atomic E-state index is -0.267. The van der Waals surface area contributed by atoms with Crippen LogP contribution in [0.3, 0.4) is 0 Å². The van der Waals surface area contributed by atoms with Crippen molar-refractivity contribution in [2.45, 2.75) is 44.8 Å². The minimum Gasteiger partial charge on any atom is -0.373 e. The van der Waals surface area contributed by atoms with Gasteiger partial charge in [0.2, 0.25) is 0 Å². The quantitative estimate of drug-likeness (QED) is 0.778. The van der Waals surface area contributed by atoms with Gasteiger partial charge in [-0.05, 0) is 38.2 Å². The fraction of sp³-hybridized carbons (Fsp3) is 0.533. The second kappa shape index (κ2) is 3.85. The number of rotatable bonds is 2. The van der Waals surface area contributed by atoms with Crippen LogP contribution in [0.4, 0.5) is 0 Å². The van der Waals surface area contributed by atoms with Crippen LogP contribution in [0.1, 0.15) is 30.4 Å². The maximum atomic E-state index is 9.54. The van der Waals surface area contributed by atoms with E-state index in [9.17, 15) is 5.26 Å². The largest absolute Gasteiger partial charge is 0.373 e. The van der Waals surface area contributed by atoms with E-state index < -0.39 is 0 Å². The smallest absolute Gasteiger partial charge is 0.0899 e. The van der Waals surface area contributed by atoms with Crippen molar-refractivity contribution in [2.75, 3.05) is 0 Å². The van der Waals surface area contributed by atoms with E-state index in [1.54, 1.807) is 0 Å². The summed E-state index contributed by atoms with van der Waals surface area (Å²) in [5.74, 6) is 0. The fourth-order valence-electron chi connectivity index (χ4n) is 3.33. The maximum absolute atomic E-state index is 9.54.